The average Bonchev–Trinajstić information content (AvgIpc) is 3.00. The number of carbonyl (C=O) groups is 1. The van der Waals surface area contributed by atoms with E-state index in [4.69, 9.17) is 0 Å². The Morgan fingerprint density at radius 3 is 3.15 bits per heavy atom. The Morgan fingerprint density at radius 2 is 2.40 bits per heavy atom. The van der Waals surface area contributed by atoms with Crippen LogP contribution < -0.4 is 5.32 Å². The molecule has 0 spiro atoms. The number of aryl methyl sites for hydroxylation is 3. The molecule has 0 radical (unpaired) electrons. The zero-order valence-electron chi connectivity index (χ0n) is 11.8. The maximum absolute atomic E-state index is 12.1. The molecule has 1 aliphatic rings. The molecule has 1 amide bonds. The quantitative estimate of drug-likeness (QED) is 0.912. The zero-order valence-corrected chi connectivity index (χ0v) is 12.6. The highest BCUT2D eigenvalue weighted by Crippen LogP contribution is 2.34. The number of nitrogens with zero attached hydrogens (tertiary/aromatic N) is 1. The van der Waals surface area contributed by atoms with Crippen LogP contribution in [0.15, 0.2) is 12.3 Å². The van der Waals surface area contributed by atoms with Gasteiger partial charge in [0.1, 0.15) is 0 Å². The molecule has 2 heterocycles. The second-order valence-corrected chi connectivity index (χ2v) is 6.64. The van der Waals surface area contributed by atoms with Crippen molar-refractivity contribution in [2.45, 2.75) is 39.0 Å². The zero-order chi connectivity index (χ0) is 14.1. The number of thiazole rings is 1. The van der Waals surface area contributed by atoms with E-state index in [1.807, 2.05) is 13.0 Å². The maximum atomic E-state index is 12.1. The molecule has 0 aromatic carbocycles. The Labute approximate surface area is 122 Å². The van der Waals surface area contributed by atoms with Crippen molar-refractivity contribution in [3.05, 3.63) is 39.1 Å². The van der Waals surface area contributed by atoms with Gasteiger partial charge in [-0.05, 0) is 39.2 Å². The lowest BCUT2D eigenvalue weighted by Crippen LogP contribution is -2.30. The summed E-state index contributed by atoms with van der Waals surface area (Å²) in [4.78, 5) is 21.2. The highest BCUT2D eigenvalue weighted by Gasteiger charge is 2.24. The van der Waals surface area contributed by atoms with Gasteiger partial charge < -0.3 is 10.3 Å². The average molecular weight is 289 g/mol. The van der Waals surface area contributed by atoms with E-state index < -0.39 is 0 Å². The van der Waals surface area contributed by atoms with E-state index in [0.717, 1.165) is 29.1 Å². The van der Waals surface area contributed by atoms with Crippen LogP contribution in [0.2, 0.25) is 0 Å². The first-order chi connectivity index (χ1) is 9.65. The molecule has 1 atom stereocenters. The largest absolute Gasteiger partial charge is 0.365 e. The number of aromatic amines is 1. The number of carbonyl (C=O) groups excluding carboxylic acids is 1. The van der Waals surface area contributed by atoms with Crippen LogP contribution >= 0.6 is 11.3 Å². The summed E-state index contributed by atoms with van der Waals surface area (Å²) in [5.74, 6) is 0.370. The molecule has 0 bridgehead atoms. The smallest absolute Gasteiger partial charge is 0.253 e. The predicted molar refractivity (Wildman–Crippen MR) is 80.4 cm³/mol. The first-order valence-corrected chi connectivity index (χ1v) is 7.85. The molecule has 0 saturated heterocycles. The molecule has 2 N–H and O–H groups in total. The van der Waals surface area contributed by atoms with Crippen molar-refractivity contribution >= 4 is 17.2 Å². The molecule has 0 fully saturated rings. The van der Waals surface area contributed by atoms with Crippen LogP contribution in [-0.4, -0.2) is 22.4 Å². The summed E-state index contributed by atoms with van der Waals surface area (Å²) in [5, 5.41) is 4.19. The van der Waals surface area contributed by atoms with Gasteiger partial charge in [-0.3, -0.25) is 4.79 Å². The van der Waals surface area contributed by atoms with Gasteiger partial charge in [0.15, 0.2) is 0 Å². The van der Waals surface area contributed by atoms with Crippen LogP contribution in [0.25, 0.3) is 0 Å². The van der Waals surface area contributed by atoms with E-state index in [2.05, 4.69) is 22.2 Å². The second kappa shape index (κ2) is 5.40. The number of H-pyrrole nitrogens is 1. The minimum absolute atomic E-state index is 0.00262. The third-order valence-electron chi connectivity index (χ3n) is 3.89. The second-order valence-electron chi connectivity index (χ2n) is 5.36. The third kappa shape index (κ3) is 2.50. The van der Waals surface area contributed by atoms with Gasteiger partial charge in [0.25, 0.3) is 5.91 Å². The van der Waals surface area contributed by atoms with Crippen LogP contribution in [0.1, 0.15) is 50.4 Å². The summed E-state index contributed by atoms with van der Waals surface area (Å²) in [5.41, 5.74) is 2.86. The highest BCUT2D eigenvalue weighted by molar-refractivity contribution is 7.11. The van der Waals surface area contributed by atoms with Crippen molar-refractivity contribution in [3.8, 4) is 0 Å². The lowest BCUT2D eigenvalue weighted by atomic mass is 9.91. The molecule has 20 heavy (non-hydrogen) atoms. The monoisotopic (exact) mass is 289 g/mol. The van der Waals surface area contributed by atoms with Crippen molar-refractivity contribution in [1.82, 2.24) is 15.3 Å². The summed E-state index contributed by atoms with van der Waals surface area (Å²) in [6, 6.07) is 1.82. The number of aromatic nitrogens is 2. The number of rotatable bonds is 3. The van der Waals surface area contributed by atoms with Crippen molar-refractivity contribution in [1.29, 1.82) is 0 Å². The van der Waals surface area contributed by atoms with Gasteiger partial charge in [0.05, 0.1) is 16.3 Å². The fraction of sp³-hybridized carbons (Fsp3) is 0.467. The molecular weight excluding hydrogens is 270 g/mol. The standard InChI is InChI=1S/C15H19N3OS/c1-9-12(6-7-16-9)15(19)17-8-11-4-3-5-13-14(11)18-10(2)20-13/h6-7,11,16H,3-5,8H2,1-2H3,(H,17,19)/t11-/m0/s1. The summed E-state index contributed by atoms with van der Waals surface area (Å²) < 4.78 is 0. The third-order valence-corrected chi connectivity index (χ3v) is 4.93. The summed E-state index contributed by atoms with van der Waals surface area (Å²) in [6.45, 7) is 4.65. The van der Waals surface area contributed by atoms with Crippen molar-refractivity contribution in [2.75, 3.05) is 6.54 Å². The van der Waals surface area contributed by atoms with Gasteiger partial charge in [0, 0.05) is 29.2 Å². The van der Waals surface area contributed by atoms with Crippen LogP contribution in [0.4, 0.5) is 0 Å². The van der Waals surface area contributed by atoms with E-state index in [-0.39, 0.29) is 5.91 Å². The Balaban J connectivity index is 1.68. The minimum Gasteiger partial charge on any atom is -0.365 e. The molecule has 106 valence electrons. The molecule has 1 aliphatic carbocycles. The molecular formula is C15H19N3OS. The topological polar surface area (TPSA) is 57.8 Å². The highest BCUT2D eigenvalue weighted by atomic mass is 32.1. The Morgan fingerprint density at radius 1 is 1.55 bits per heavy atom. The van der Waals surface area contributed by atoms with E-state index >= 15 is 0 Å². The number of fused-ring (bicyclic) bond motifs is 1. The van der Waals surface area contributed by atoms with Crippen molar-refractivity contribution < 1.29 is 4.79 Å². The van der Waals surface area contributed by atoms with Crippen molar-refractivity contribution in [2.24, 2.45) is 0 Å². The summed E-state index contributed by atoms with van der Waals surface area (Å²) in [6.07, 6.45) is 5.25. The van der Waals surface area contributed by atoms with Gasteiger partial charge in [-0.1, -0.05) is 0 Å². The van der Waals surface area contributed by atoms with Crippen molar-refractivity contribution in [3.63, 3.8) is 0 Å². The molecule has 0 saturated carbocycles. The van der Waals surface area contributed by atoms with Gasteiger partial charge in [-0.2, -0.15) is 0 Å². The fourth-order valence-electron chi connectivity index (χ4n) is 2.84. The normalized spacial score (nSPS) is 17.8. The fourth-order valence-corrected chi connectivity index (χ4v) is 3.90. The Bertz CT molecular complexity index is 629. The number of amides is 1. The van der Waals surface area contributed by atoms with E-state index in [1.165, 1.54) is 17.0 Å². The summed E-state index contributed by atoms with van der Waals surface area (Å²) >= 11 is 1.80. The SMILES string of the molecule is Cc1nc2c(s1)CCC[C@H]2CNC(=O)c1cc[nH]c1C. The molecule has 0 unspecified atom stereocenters. The van der Waals surface area contributed by atoms with E-state index in [0.29, 0.717) is 12.5 Å². The minimum atomic E-state index is 0.00262. The summed E-state index contributed by atoms with van der Waals surface area (Å²) in [7, 11) is 0. The number of hydrogen-bond donors (Lipinski definition) is 2. The Hall–Kier alpha value is -1.62. The first-order valence-electron chi connectivity index (χ1n) is 7.03. The molecule has 2 aromatic rings. The predicted octanol–water partition coefficient (Wildman–Crippen LogP) is 2.94. The van der Waals surface area contributed by atoms with Gasteiger partial charge in [0.2, 0.25) is 0 Å². The van der Waals surface area contributed by atoms with Gasteiger partial charge >= 0.3 is 0 Å². The Kier molecular flexibility index (Phi) is 3.61. The first kappa shape index (κ1) is 13.4. The van der Waals surface area contributed by atoms with Crippen LogP contribution in [0.3, 0.4) is 0 Å². The maximum Gasteiger partial charge on any atom is 0.253 e. The van der Waals surface area contributed by atoms with E-state index in [9.17, 15) is 4.79 Å². The van der Waals surface area contributed by atoms with Crippen LogP contribution in [0, 0.1) is 13.8 Å². The lowest BCUT2D eigenvalue weighted by molar-refractivity contribution is 0.0949. The molecule has 3 rings (SSSR count). The van der Waals surface area contributed by atoms with Gasteiger partial charge in [-0.25, -0.2) is 4.98 Å². The molecule has 0 aliphatic heterocycles. The van der Waals surface area contributed by atoms with Crippen LogP contribution in [0.5, 0.6) is 0 Å². The molecule has 5 heteroatoms. The van der Waals surface area contributed by atoms with Gasteiger partial charge in [-0.15, -0.1) is 11.3 Å². The number of nitrogens with one attached hydrogen (secondary N) is 2. The lowest BCUT2D eigenvalue weighted by Gasteiger charge is -2.21. The molecule has 2 aromatic heterocycles. The number of hydrogen-bond acceptors (Lipinski definition) is 3. The van der Waals surface area contributed by atoms with E-state index in [1.54, 1.807) is 17.5 Å². The van der Waals surface area contributed by atoms with Crippen LogP contribution in [-0.2, 0) is 6.42 Å². The molecule has 4 nitrogen and oxygen atoms in total.